The number of piperidine rings is 1. The summed E-state index contributed by atoms with van der Waals surface area (Å²) in [6.45, 7) is 1.53. The Bertz CT molecular complexity index is 614. The summed E-state index contributed by atoms with van der Waals surface area (Å²) in [5.41, 5.74) is 0.182. The van der Waals surface area contributed by atoms with Crippen molar-refractivity contribution >= 4 is 17.6 Å². The highest BCUT2D eigenvalue weighted by molar-refractivity contribution is 5.97. The van der Waals surface area contributed by atoms with Gasteiger partial charge < -0.3 is 15.1 Å². The van der Waals surface area contributed by atoms with E-state index in [4.69, 9.17) is 0 Å². The van der Waals surface area contributed by atoms with Crippen LogP contribution >= 0.6 is 0 Å². The minimum absolute atomic E-state index is 0.139. The van der Waals surface area contributed by atoms with E-state index in [0.29, 0.717) is 12.6 Å². The zero-order chi connectivity index (χ0) is 15.9. The van der Waals surface area contributed by atoms with E-state index in [1.807, 2.05) is 35.2 Å². The summed E-state index contributed by atoms with van der Waals surface area (Å²) in [5.74, 6) is 0.187. The fourth-order valence-corrected chi connectivity index (χ4v) is 4.12. The molecule has 2 saturated heterocycles. The lowest BCUT2D eigenvalue weighted by molar-refractivity contribution is -0.146. The van der Waals surface area contributed by atoms with Crippen molar-refractivity contribution in [3.8, 4) is 0 Å². The highest BCUT2D eigenvalue weighted by Gasteiger charge is 2.54. The highest BCUT2D eigenvalue weighted by Crippen LogP contribution is 2.41. The van der Waals surface area contributed by atoms with E-state index in [9.17, 15) is 9.59 Å². The number of nitrogens with one attached hydrogen (secondary N) is 1. The smallest absolute Gasteiger partial charge is 0.322 e. The second-order valence-corrected chi connectivity index (χ2v) is 6.92. The second-order valence-electron chi connectivity index (χ2n) is 6.92. The first kappa shape index (κ1) is 14.5. The molecule has 1 atom stereocenters. The highest BCUT2D eigenvalue weighted by atomic mass is 16.2. The van der Waals surface area contributed by atoms with Crippen molar-refractivity contribution in [1.82, 2.24) is 9.80 Å². The van der Waals surface area contributed by atoms with Crippen molar-refractivity contribution in [2.75, 3.05) is 18.4 Å². The molecule has 0 aromatic heterocycles. The molecule has 3 fully saturated rings. The van der Waals surface area contributed by atoms with Crippen LogP contribution in [-0.4, -0.2) is 46.4 Å². The molecule has 5 heteroatoms. The van der Waals surface area contributed by atoms with Crippen molar-refractivity contribution in [2.45, 2.75) is 50.1 Å². The second kappa shape index (κ2) is 5.55. The molecule has 23 heavy (non-hydrogen) atoms. The van der Waals surface area contributed by atoms with Crippen molar-refractivity contribution in [2.24, 2.45) is 0 Å². The Morgan fingerprint density at radius 1 is 1.09 bits per heavy atom. The van der Waals surface area contributed by atoms with E-state index in [-0.39, 0.29) is 11.9 Å². The number of carbonyl (C=O) groups excluding carboxylic acids is 2. The van der Waals surface area contributed by atoms with Gasteiger partial charge in [0.25, 0.3) is 0 Å². The van der Waals surface area contributed by atoms with Gasteiger partial charge in [-0.1, -0.05) is 18.2 Å². The Balaban J connectivity index is 1.55. The third kappa shape index (κ3) is 2.48. The van der Waals surface area contributed by atoms with Gasteiger partial charge in [-0.2, -0.15) is 0 Å². The number of anilines is 1. The molecule has 3 aliphatic rings. The zero-order valence-corrected chi connectivity index (χ0v) is 13.3. The van der Waals surface area contributed by atoms with E-state index in [1.54, 1.807) is 4.90 Å². The topological polar surface area (TPSA) is 52.7 Å². The number of hydrogen-bond acceptors (Lipinski definition) is 2. The van der Waals surface area contributed by atoms with Crippen LogP contribution in [0.5, 0.6) is 0 Å². The number of likely N-dealkylation sites (tertiary alicyclic amines) is 2. The Morgan fingerprint density at radius 3 is 2.48 bits per heavy atom. The zero-order valence-electron chi connectivity index (χ0n) is 13.3. The lowest BCUT2D eigenvalue weighted by atomic mass is 9.85. The maximum Gasteiger partial charge on any atom is 0.322 e. The summed E-state index contributed by atoms with van der Waals surface area (Å²) < 4.78 is 0. The molecular weight excluding hydrogens is 290 g/mol. The summed E-state index contributed by atoms with van der Waals surface area (Å²) in [6, 6.07) is 9.76. The Hall–Kier alpha value is -2.04. The van der Waals surface area contributed by atoms with Crippen LogP contribution in [0.3, 0.4) is 0 Å². The van der Waals surface area contributed by atoms with Crippen LogP contribution in [0.1, 0.15) is 38.5 Å². The minimum atomic E-state index is -0.598. The van der Waals surface area contributed by atoms with Gasteiger partial charge in [0, 0.05) is 24.8 Å². The number of rotatable bonds is 2. The van der Waals surface area contributed by atoms with Crippen LogP contribution in [0.25, 0.3) is 0 Å². The number of hydrogen-bond donors (Lipinski definition) is 1. The summed E-state index contributed by atoms with van der Waals surface area (Å²) in [4.78, 5) is 29.7. The van der Waals surface area contributed by atoms with Gasteiger partial charge in [0.15, 0.2) is 0 Å². The van der Waals surface area contributed by atoms with Crippen LogP contribution in [-0.2, 0) is 4.79 Å². The molecule has 2 aliphatic heterocycles. The van der Waals surface area contributed by atoms with Crippen LogP contribution in [0.4, 0.5) is 10.5 Å². The number of amides is 3. The van der Waals surface area contributed by atoms with Gasteiger partial charge in [-0.05, 0) is 50.7 Å². The van der Waals surface area contributed by atoms with Crippen LogP contribution in [0, 0.1) is 0 Å². The summed E-state index contributed by atoms with van der Waals surface area (Å²) in [7, 11) is 0. The Kier molecular flexibility index (Phi) is 3.51. The summed E-state index contributed by atoms with van der Waals surface area (Å²) in [5, 5.41) is 2.95. The Labute approximate surface area is 136 Å². The standard InChI is InChI=1S/C18H23N3O2/c22-16-18(10-4-12-20(16)15-8-9-15)11-5-13-21(18)17(23)19-14-6-2-1-3-7-14/h1-3,6-7,15H,4-5,8-13H2,(H,19,23). The van der Waals surface area contributed by atoms with Crippen LogP contribution in [0.15, 0.2) is 30.3 Å². The molecule has 1 unspecified atom stereocenters. The van der Waals surface area contributed by atoms with Gasteiger partial charge in [-0.15, -0.1) is 0 Å². The predicted molar refractivity (Wildman–Crippen MR) is 88.1 cm³/mol. The molecule has 1 spiro atoms. The number of para-hydroxylation sites is 1. The maximum atomic E-state index is 13.1. The third-order valence-electron chi connectivity index (χ3n) is 5.39. The number of carbonyl (C=O) groups is 2. The van der Waals surface area contributed by atoms with Crippen molar-refractivity contribution < 1.29 is 9.59 Å². The van der Waals surface area contributed by atoms with E-state index in [2.05, 4.69) is 5.32 Å². The van der Waals surface area contributed by atoms with Gasteiger partial charge >= 0.3 is 6.03 Å². The van der Waals surface area contributed by atoms with Gasteiger partial charge in [0.1, 0.15) is 5.54 Å². The normalized spacial score (nSPS) is 27.6. The molecule has 0 bridgehead atoms. The number of nitrogens with zero attached hydrogens (tertiary/aromatic N) is 2. The molecule has 1 aliphatic carbocycles. The molecule has 1 aromatic carbocycles. The number of urea groups is 1. The molecule has 1 N–H and O–H groups in total. The largest absolute Gasteiger partial charge is 0.338 e. The third-order valence-corrected chi connectivity index (χ3v) is 5.39. The Morgan fingerprint density at radius 2 is 1.78 bits per heavy atom. The fraction of sp³-hybridized carbons (Fsp3) is 0.556. The average Bonchev–Trinajstić information content (AvgIpc) is 3.31. The summed E-state index contributed by atoms with van der Waals surface area (Å²) in [6.07, 6.45) is 5.76. The predicted octanol–water partition coefficient (Wildman–Crippen LogP) is 2.84. The van der Waals surface area contributed by atoms with Gasteiger partial charge in [-0.3, -0.25) is 4.79 Å². The first-order valence-corrected chi connectivity index (χ1v) is 8.65. The van der Waals surface area contributed by atoms with E-state index in [1.165, 1.54) is 0 Å². The van der Waals surface area contributed by atoms with Crippen molar-refractivity contribution in [3.05, 3.63) is 30.3 Å². The van der Waals surface area contributed by atoms with Gasteiger partial charge in [-0.25, -0.2) is 4.79 Å². The SMILES string of the molecule is O=C(Nc1ccccc1)N1CCCC12CCCN(C1CC1)C2=O. The first-order chi connectivity index (χ1) is 11.2. The molecule has 3 amide bonds. The van der Waals surface area contributed by atoms with Gasteiger partial charge in [0.2, 0.25) is 5.91 Å². The van der Waals surface area contributed by atoms with Crippen molar-refractivity contribution in [1.29, 1.82) is 0 Å². The van der Waals surface area contributed by atoms with Crippen LogP contribution < -0.4 is 5.32 Å². The van der Waals surface area contributed by atoms with Crippen LogP contribution in [0.2, 0.25) is 0 Å². The molecule has 0 radical (unpaired) electrons. The van der Waals surface area contributed by atoms with E-state index < -0.39 is 5.54 Å². The maximum absolute atomic E-state index is 13.1. The lowest BCUT2D eigenvalue weighted by Crippen LogP contribution is -2.62. The fourth-order valence-electron chi connectivity index (χ4n) is 4.12. The molecular formula is C18H23N3O2. The molecule has 122 valence electrons. The molecule has 1 aromatic rings. The average molecular weight is 313 g/mol. The summed E-state index contributed by atoms with van der Waals surface area (Å²) >= 11 is 0. The molecule has 4 rings (SSSR count). The quantitative estimate of drug-likeness (QED) is 0.913. The number of benzene rings is 1. The van der Waals surface area contributed by atoms with Crippen molar-refractivity contribution in [3.63, 3.8) is 0 Å². The molecule has 5 nitrogen and oxygen atoms in total. The van der Waals surface area contributed by atoms with Gasteiger partial charge in [0.05, 0.1) is 0 Å². The minimum Gasteiger partial charge on any atom is -0.338 e. The van der Waals surface area contributed by atoms with E-state index in [0.717, 1.165) is 50.8 Å². The molecule has 2 heterocycles. The lowest BCUT2D eigenvalue weighted by Gasteiger charge is -2.44. The monoisotopic (exact) mass is 313 g/mol. The first-order valence-electron chi connectivity index (χ1n) is 8.65. The van der Waals surface area contributed by atoms with E-state index >= 15 is 0 Å². The molecule has 1 saturated carbocycles.